The van der Waals surface area contributed by atoms with Crippen molar-refractivity contribution in [1.82, 2.24) is 4.98 Å². The third-order valence-electron chi connectivity index (χ3n) is 3.20. The Hall–Kier alpha value is -1.90. The van der Waals surface area contributed by atoms with Crippen LogP contribution >= 0.6 is 0 Å². The molecule has 0 saturated carbocycles. The van der Waals surface area contributed by atoms with Crippen molar-refractivity contribution in [3.05, 3.63) is 59.5 Å². The van der Waals surface area contributed by atoms with Crippen molar-refractivity contribution >= 4 is 0 Å². The van der Waals surface area contributed by atoms with E-state index in [1.54, 1.807) is 6.20 Å². The van der Waals surface area contributed by atoms with Gasteiger partial charge in [-0.25, -0.2) is 9.37 Å². The van der Waals surface area contributed by atoms with Crippen LogP contribution in [0.5, 0.6) is 5.88 Å². The van der Waals surface area contributed by atoms with Gasteiger partial charge in [-0.15, -0.1) is 0 Å². The van der Waals surface area contributed by atoms with Gasteiger partial charge in [-0.2, -0.15) is 0 Å². The Morgan fingerprint density at radius 1 is 1.15 bits per heavy atom. The van der Waals surface area contributed by atoms with Crippen molar-refractivity contribution in [2.75, 3.05) is 0 Å². The van der Waals surface area contributed by atoms with E-state index in [9.17, 15) is 4.39 Å². The minimum Gasteiger partial charge on any atom is -0.475 e. The van der Waals surface area contributed by atoms with Crippen molar-refractivity contribution in [1.29, 1.82) is 0 Å². The van der Waals surface area contributed by atoms with Crippen LogP contribution in [0.4, 0.5) is 4.39 Å². The van der Waals surface area contributed by atoms with E-state index < -0.39 is 0 Å². The first-order chi connectivity index (χ1) is 9.61. The standard InChI is InChI=1S/C17H20FNO/c1-4-15(13-7-9-14(18)10-8-13)16-6-5-11-19-17(16)20-12(2)3/h5-12,15H,4H2,1-3H3. The molecule has 1 aromatic carbocycles. The normalized spacial score (nSPS) is 12.4. The highest BCUT2D eigenvalue weighted by molar-refractivity contribution is 5.38. The molecule has 1 unspecified atom stereocenters. The SMILES string of the molecule is CCC(c1ccc(F)cc1)c1cccnc1OC(C)C. The van der Waals surface area contributed by atoms with Gasteiger partial charge in [0.2, 0.25) is 5.88 Å². The van der Waals surface area contributed by atoms with Gasteiger partial charge in [0.05, 0.1) is 6.10 Å². The van der Waals surface area contributed by atoms with E-state index in [1.807, 2.05) is 38.1 Å². The number of halogens is 1. The second kappa shape index (κ2) is 6.51. The monoisotopic (exact) mass is 273 g/mol. The van der Waals surface area contributed by atoms with Gasteiger partial charge in [0.1, 0.15) is 5.82 Å². The molecule has 20 heavy (non-hydrogen) atoms. The molecule has 0 aliphatic heterocycles. The molecule has 0 amide bonds. The summed E-state index contributed by atoms with van der Waals surface area (Å²) in [6.07, 6.45) is 2.72. The average Bonchev–Trinajstić information content (AvgIpc) is 2.43. The molecule has 1 aromatic heterocycles. The van der Waals surface area contributed by atoms with E-state index in [2.05, 4.69) is 11.9 Å². The van der Waals surface area contributed by atoms with Crippen LogP contribution in [-0.2, 0) is 0 Å². The lowest BCUT2D eigenvalue weighted by atomic mass is 9.90. The second-order valence-electron chi connectivity index (χ2n) is 5.08. The summed E-state index contributed by atoms with van der Waals surface area (Å²) in [4.78, 5) is 4.33. The van der Waals surface area contributed by atoms with Crippen molar-refractivity contribution in [3.63, 3.8) is 0 Å². The third-order valence-corrected chi connectivity index (χ3v) is 3.20. The van der Waals surface area contributed by atoms with Gasteiger partial charge in [-0.3, -0.25) is 0 Å². The third kappa shape index (κ3) is 3.35. The smallest absolute Gasteiger partial charge is 0.217 e. The average molecular weight is 273 g/mol. The molecule has 0 bridgehead atoms. The molecule has 0 saturated heterocycles. The van der Waals surface area contributed by atoms with Gasteiger partial charge >= 0.3 is 0 Å². The number of benzene rings is 1. The minimum atomic E-state index is -0.214. The molecule has 2 rings (SSSR count). The van der Waals surface area contributed by atoms with Gasteiger partial charge in [0, 0.05) is 17.7 Å². The fourth-order valence-corrected chi connectivity index (χ4v) is 2.32. The lowest BCUT2D eigenvalue weighted by Gasteiger charge is -2.20. The van der Waals surface area contributed by atoms with Crippen LogP contribution in [0.2, 0.25) is 0 Å². The topological polar surface area (TPSA) is 22.1 Å². The Labute approximate surface area is 119 Å². The van der Waals surface area contributed by atoms with Gasteiger partial charge in [-0.1, -0.05) is 25.1 Å². The molecule has 2 nitrogen and oxygen atoms in total. The van der Waals surface area contributed by atoms with Gasteiger partial charge in [-0.05, 0) is 44.0 Å². The number of nitrogens with zero attached hydrogens (tertiary/aromatic N) is 1. The fourth-order valence-electron chi connectivity index (χ4n) is 2.32. The molecule has 3 heteroatoms. The zero-order chi connectivity index (χ0) is 14.5. The first kappa shape index (κ1) is 14.5. The maximum atomic E-state index is 13.1. The molecule has 0 fully saturated rings. The molecular formula is C17H20FNO. The van der Waals surface area contributed by atoms with E-state index in [-0.39, 0.29) is 17.8 Å². The quantitative estimate of drug-likeness (QED) is 0.797. The summed E-state index contributed by atoms with van der Waals surface area (Å²) in [6.45, 7) is 6.08. The van der Waals surface area contributed by atoms with E-state index in [4.69, 9.17) is 4.74 Å². The summed E-state index contributed by atoms with van der Waals surface area (Å²) < 4.78 is 18.9. The van der Waals surface area contributed by atoms with Crippen LogP contribution in [0.3, 0.4) is 0 Å². The number of ether oxygens (including phenoxy) is 1. The molecule has 0 radical (unpaired) electrons. The predicted molar refractivity (Wildman–Crippen MR) is 78.5 cm³/mol. The molecule has 1 heterocycles. The van der Waals surface area contributed by atoms with Crippen molar-refractivity contribution < 1.29 is 9.13 Å². The van der Waals surface area contributed by atoms with E-state index >= 15 is 0 Å². The van der Waals surface area contributed by atoms with Crippen LogP contribution in [0, 0.1) is 5.82 Å². The minimum absolute atomic E-state index is 0.0781. The largest absolute Gasteiger partial charge is 0.475 e. The molecule has 0 aliphatic carbocycles. The van der Waals surface area contributed by atoms with Gasteiger partial charge in [0.15, 0.2) is 0 Å². The zero-order valence-corrected chi connectivity index (χ0v) is 12.1. The molecule has 0 spiro atoms. The maximum absolute atomic E-state index is 13.1. The number of hydrogen-bond donors (Lipinski definition) is 0. The molecule has 106 valence electrons. The Kier molecular flexibility index (Phi) is 4.72. The summed E-state index contributed by atoms with van der Waals surface area (Å²) in [5, 5.41) is 0. The Bertz CT molecular complexity index is 551. The van der Waals surface area contributed by atoms with Crippen LogP contribution in [-0.4, -0.2) is 11.1 Å². The molecular weight excluding hydrogens is 253 g/mol. The maximum Gasteiger partial charge on any atom is 0.217 e. The highest BCUT2D eigenvalue weighted by Crippen LogP contribution is 2.33. The van der Waals surface area contributed by atoms with Crippen molar-refractivity contribution in [2.45, 2.75) is 39.2 Å². The lowest BCUT2D eigenvalue weighted by molar-refractivity contribution is 0.229. The van der Waals surface area contributed by atoms with E-state index in [0.29, 0.717) is 5.88 Å². The van der Waals surface area contributed by atoms with Crippen LogP contribution in [0.25, 0.3) is 0 Å². The summed E-state index contributed by atoms with van der Waals surface area (Å²) in [7, 11) is 0. The molecule has 0 aliphatic rings. The van der Waals surface area contributed by atoms with E-state index in [0.717, 1.165) is 17.5 Å². The summed E-state index contributed by atoms with van der Waals surface area (Å²) in [5.41, 5.74) is 2.13. The van der Waals surface area contributed by atoms with Crippen LogP contribution in [0.15, 0.2) is 42.6 Å². The number of rotatable bonds is 5. The first-order valence-corrected chi connectivity index (χ1v) is 6.98. The Morgan fingerprint density at radius 2 is 1.85 bits per heavy atom. The second-order valence-corrected chi connectivity index (χ2v) is 5.08. The lowest BCUT2D eigenvalue weighted by Crippen LogP contribution is -2.11. The number of pyridine rings is 1. The summed E-state index contributed by atoms with van der Waals surface area (Å²) in [6, 6.07) is 10.6. The molecule has 1 atom stereocenters. The Morgan fingerprint density at radius 3 is 2.45 bits per heavy atom. The predicted octanol–water partition coefficient (Wildman–Crippen LogP) is 4.55. The number of aromatic nitrogens is 1. The number of hydrogen-bond acceptors (Lipinski definition) is 2. The van der Waals surface area contributed by atoms with Crippen molar-refractivity contribution in [2.24, 2.45) is 0 Å². The van der Waals surface area contributed by atoms with Gasteiger partial charge in [0.25, 0.3) is 0 Å². The summed E-state index contributed by atoms with van der Waals surface area (Å²) >= 11 is 0. The van der Waals surface area contributed by atoms with E-state index in [1.165, 1.54) is 12.1 Å². The summed E-state index contributed by atoms with van der Waals surface area (Å²) in [5.74, 6) is 0.616. The van der Waals surface area contributed by atoms with Crippen LogP contribution in [0.1, 0.15) is 44.2 Å². The fraction of sp³-hybridized carbons (Fsp3) is 0.353. The zero-order valence-electron chi connectivity index (χ0n) is 12.1. The molecule has 2 aromatic rings. The first-order valence-electron chi connectivity index (χ1n) is 6.98. The van der Waals surface area contributed by atoms with Gasteiger partial charge < -0.3 is 4.74 Å². The highest BCUT2D eigenvalue weighted by Gasteiger charge is 2.18. The van der Waals surface area contributed by atoms with Crippen LogP contribution < -0.4 is 4.74 Å². The molecule has 0 N–H and O–H groups in total. The Balaban J connectivity index is 2.38. The van der Waals surface area contributed by atoms with Crippen molar-refractivity contribution in [3.8, 4) is 5.88 Å². The highest BCUT2D eigenvalue weighted by atomic mass is 19.1.